The molecule has 1 saturated carbocycles. The molecule has 2 fully saturated rings. The summed E-state index contributed by atoms with van der Waals surface area (Å²) in [7, 11) is 1.82. The molecule has 0 spiro atoms. The first-order chi connectivity index (χ1) is 11.6. The van der Waals surface area contributed by atoms with Crippen molar-refractivity contribution >= 4 is 23.4 Å². The summed E-state index contributed by atoms with van der Waals surface area (Å²) in [5.41, 5.74) is 0.172. The predicted octanol–water partition coefficient (Wildman–Crippen LogP) is 2.40. The zero-order chi connectivity index (χ0) is 17.1. The highest BCUT2D eigenvalue weighted by atomic mass is 35.5. The Morgan fingerprint density at radius 2 is 2.12 bits per heavy atom. The van der Waals surface area contributed by atoms with Gasteiger partial charge in [-0.15, -0.1) is 0 Å². The molecule has 7 nitrogen and oxygen atoms in total. The smallest absolute Gasteiger partial charge is 0.410 e. The molecule has 1 aromatic heterocycles. The summed E-state index contributed by atoms with van der Waals surface area (Å²) in [6.07, 6.45) is 7.49. The van der Waals surface area contributed by atoms with E-state index in [1.54, 1.807) is 4.90 Å². The third kappa shape index (κ3) is 3.66. The quantitative estimate of drug-likeness (QED) is 0.901. The molecule has 1 aliphatic carbocycles. The van der Waals surface area contributed by atoms with Gasteiger partial charge >= 0.3 is 6.09 Å². The van der Waals surface area contributed by atoms with E-state index in [2.05, 4.69) is 10.2 Å². The van der Waals surface area contributed by atoms with Gasteiger partial charge in [0.1, 0.15) is 11.1 Å². The summed E-state index contributed by atoms with van der Waals surface area (Å²) in [5.74, 6) is 0. The number of rotatable bonds is 3. The normalized spacial score (nSPS) is 21.8. The van der Waals surface area contributed by atoms with E-state index in [0.717, 1.165) is 12.8 Å². The van der Waals surface area contributed by atoms with Gasteiger partial charge in [-0.1, -0.05) is 30.9 Å². The molecule has 1 N–H and O–H groups in total. The van der Waals surface area contributed by atoms with Crippen LogP contribution in [0.15, 0.2) is 11.0 Å². The fourth-order valence-electron chi connectivity index (χ4n) is 3.48. The molecule has 24 heavy (non-hydrogen) atoms. The van der Waals surface area contributed by atoms with Crippen molar-refractivity contribution in [1.29, 1.82) is 0 Å². The third-order valence-corrected chi connectivity index (χ3v) is 5.31. The topological polar surface area (TPSA) is 78.5 Å². The molecule has 8 heteroatoms. The average Bonchev–Trinajstić information content (AvgIpc) is 3.05. The standard InChI is InChI=1S/C16H23ClN4O3/c1-20(11-5-3-2-4-6-11)16(23)24-12-7-8-21(10-12)13-9-18-19-15(22)14(13)17/h9,11-12H,2-8,10H2,1H3,(H,19,22). The molecule has 2 heterocycles. The summed E-state index contributed by atoms with van der Waals surface area (Å²) in [5, 5.41) is 6.21. The van der Waals surface area contributed by atoms with Crippen LogP contribution < -0.4 is 10.5 Å². The van der Waals surface area contributed by atoms with Crippen LogP contribution in [0, 0.1) is 0 Å². The van der Waals surface area contributed by atoms with Crippen molar-refractivity contribution in [3.05, 3.63) is 21.6 Å². The number of hydrogen-bond acceptors (Lipinski definition) is 5. The zero-order valence-corrected chi connectivity index (χ0v) is 14.6. The summed E-state index contributed by atoms with van der Waals surface area (Å²) in [6, 6.07) is 0.287. The number of anilines is 1. The van der Waals surface area contributed by atoms with Crippen LogP contribution in [0.1, 0.15) is 38.5 Å². The van der Waals surface area contributed by atoms with Gasteiger partial charge in [0.25, 0.3) is 5.56 Å². The Bertz CT molecular complexity index is 644. The van der Waals surface area contributed by atoms with E-state index in [9.17, 15) is 9.59 Å². The highest BCUT2D eigenvalue weighted by molar-refractivity contribution is 6.33. The fourth-order valence-corrected chi connectivity index (χ4v) is 3.69. The molecule has 1 atom stereocenters. The second-order valence-corrected chi connectivity index (χ2v) is 6.92. The number of nitrogens with zero attached hydrogens (tertiary/aromatic N) is 3. The predicted molar refractivity (Wildman–Crippen MR) is 91.6 cm³/mol. The van der Waals surface area contributed by atoms with Gasteiger partial charge in [-0.2, -0.15) is 5.10 Å². The van der Waals surface area contributed by atoms with E-state index in [1.165, 1.54) is 25.5 Å². The van der Waals surface area contributed by atoms with Crippen LogP contribution in [0.3, 0.4) is 0 Å². The maximum absolute atomic E-state index is 12.4. The number of aromatic amines is 1. The number of halogens is 1. The van der Waals surface area contributed by atoms with Crippen molar-refractivity contribution in [1.82, 2.24) is 15.1 Å². The molecule has 1 amide bonds. The number of ether oxygens (including phenoxy) is 1. The maximum Gasteiger partial charge on any atom is 0.410 e. The molecule has 132 valence electrons. The zero-order valence-electron chi connectivity index (χ0n) is 13.8. The van der Waals surface area contributed by atoms with Crippen molar-refractivity contribution in [3.63, 3.8) is 0 Å². The molecule has 3 rings (SSSR count). The van der Waals surface area contributed by atoms with Gasteiger partial charge in [0, 0.05) is 26.1 Å². The Morgan fingerprint density at radius 1 is 1.38 bits per heavy atom. The molecule has 1 saturated heterocycles. The number of carbonyl (C=O) groups is 1. The number of H-pyrrole nitrogens is 1. The summed E-state index contributed by atoms with van der Waals surface area (Å²) < 4.78 is 5.64. The van der Waals surface area contributed by atoms with E-state index in [0.29, 0.717) is 25.2 Å². The highest BCUT2D eigenvalue weighted by Gasteiger charge is 2.30. The average molecular weight is 355 g/mol. The van der Waals surface area contributed by atoms with Crippen molar-refractivity contribution < 1.29 is 9.53 Å². The molecule has 0 aromatic carbocycles. The van der Waals surface area contributed by atoms with Crippen LogP contribution in [-0.2, 0) is 4.74 Å². The number of nitrogens with one attached hydrogen (secondary N) is 1. The Balaban J connectivity index is 1.56. The highest BCUT2D eigenvalue weighted by Crippen LogP contribution is 2.27. The first-order valence-corrected chi connectivity index (χ1v) is 8.85. The molecule has 2 aliphatic rings. The minimum Gasteiger partial charge on any atom is -0.444 e. The molecular weight excluding hydrogens is 332 g/mol. The number of carbonyl (C=O) groups excluding carboxylic acids is 1. The summed E-state index contributed by atoms with van der Waals surface area (Å²) in [4.78, 5) is 27.6. The minimum absolute atomic E-state index is 0.122. The summed E-state index contributed by atoms with van der Waals surface area (Å²) in [6.45, 7) is 1.20. The second kappa shape index (κ2) is 7.42. The van der Waals surface area contributed by atoms with Crippen molar-refractivity contribution in [3.8, 4) is 0 Å². The lowest BCUT2D eigenvalue weighted by Gasteiger charge is -2.31. The van der Waals surface area contributed by atoms with Crippen LogP contribution in [0.2, 0.25) is 5.02 Å². The van der Waals surface area contributed by atoms with Crippen LogP contribution in [-0.4, -0.2) is 53.5 Å². The lowest BCUT2D eigenvalue weighted by atomic mass is 9.95. The fraction of sp³-hybridized carbons (Fsp3) is 0.688. The van der Waals surface area contributed by atoms with Crippen molar-refractivity contribution in [2.24, 2.45) is 0 Å². The number of hydrogen-bond donors (Lipinski definition) is 1. The Morgan fingerprint density at radius 3 is 2.88 bits per heavy atom. The Labute approximate surface area is 145 Å². The van der Waals surface area contributed by atoms with E-state index in [-0.39, 0.29) is 23.3 Å². The van der Waals surface area contributed by atoms with Gasteiger partial charge in [-0.3, -0.25) is 4.79 Å². The van der Waals surface area contributed by atoms with Gasteiger partial charge in [-0.25, -0.2) is 9.89 Å². The van der Waals surface area contributed by atoms with E-state index in [4.69, 9.17) is 16.3 Å². The van der Waals surface area contributed by atoms with Crippen molar-refractivity contribution in [2.45, 2.75) is 50.7 Å². The second-order valence-electron chi connectivity index (χ2n) is 6.54. The molecule has 0 radical (unpaired) electrons. The molecule has 1 aliphatic heterocycles. The SMILES string of the molecule is CN(C(=O)OC1CCN(c2cn[nH]c(=O)c2Cl)C1)C1CCCCC1. The lowest BCUT2D eigenvalue weighted by molar-refractivity contribution is 0.0612. The van der Waals surface area contributed by atoms with Gasteiger partial charge in [0.05, 0.1) is 18.4 Å². The Hall–Kier alpha value is -1.76. The van der Waals surface area contributed by atoms with Gasteiger partial charge in [0.2, 0.25) is 0 Å². The van der Waals surface area contributed by atoms with Crippen LogP contribution in [0.5, 0.6) is 0 Å². The maximum atomic E-state index is 12.4. The number of aromatic nitrogens is 2. The van der Waals surface area contributed by atoms with Gasteiger partial charge in [-0.05, 0) is 12.8 Å². The van der Waals surface area contributed by atoms with Crippen molar-refractivity contribution in [2.75, 3.05) is 25.0 Å². The van der Waals surface area contributed by atoms with E-state index >= 15 is 0 Å². The van der Waals surface area contributed by atoms with E-state index in [1.807, 2.05) is 11.9 Å². The first-order valence-electron chi connectivity index (χ1n) is 8.48. The molecule has 1 unspecified atom stereocenters. The lowest BCUT2D eigenvalue weighted by Crippen LogP contribution is -2.40. The molecule has 0 bridgehead atoms. The Kier molecular flexibility index (Phi) is 5.28. The molecule has 1 aromatic rings. The van der Waals surface area contributed by atoms with Crippen LogP contribution in [0.25, 0.3) is 0 Å². The van der Waals surface area contributed by atoms with Crippen LogP contribution in [0.4, 0.5) is 10.5 Å². The summed E-state index contributed by atoms with van der Waals surface area (Å²) >= 11 is 6.04. The van der Waals surface area contributed by atoms with Gasteiger partial charge < -0.3 is 14.5 Å². The third-order valence-electron chi connectivity index (χ3n) is 4.94. The monoisotopic (exact) mass is 354 g/mol. The number of amides is 1. The van der Waals surface area contributed by atoms with E-state index < -0.39 is 5.56 Å². The largest absolute Gasteiger partial charge is 0.444 e. The van der Waals surface area contributed by atoms with Crippen LogP contribution >= 0.6 is 11.6 Å². The minimum atomic E-state index is -0.411. The van der Waals surface area contributed by atoms with Gasteiger partial charge in [0.15, 0.2) is 0 Å². The first kappa shape index (κ1) is 17.1. The molecular formula is C16H23ClN4O3.